The van der Waals surface area contributed by atoms with Crippen molar-refractivity contribution in [2.45, 2.75) is 64.2 Å². The summed E-state index contributed by atoms with van der Waals surface area (Å²) in [6, 6.07) is 7.20. The van der Waals surface area contributed by atoms with E-state index in [9.17, 15) is 14.4 Å². The molecule has 146 valence electrons. The highest BCUT2D eigenvalue weighted by Gasteiger charge is 2.52. The molecule has 0 spiro atoms. The van der Waals surface area contributed by atoms with E-state index in [1.807, 2.05) is 18.2 Å². The quantitative estimate of drug-likeness (QED) is 0.369. The van der Waals surface area contributed by atoms with Gasteiger partial charge < -0.3 is 4.74 Å². The van der Waals surface area contributed by atoms with Crippen molar-refractivity contribution in [3.63, 3.8) is 0 Å². The first-order chi connectivity index (χ1) is 13.0. The first-order valence-corrected chi connectivity index (χ1v) is 9.64. The van der Waals surface area contributed by atoms with Crippen LogP contribution in [0.15, 0.2) is 36.4 Å². The van der Waals surface area contributed by atoms with Crippen molar-refractivity contribution < 1.29 is 19.1 Å². The largest absolute Gasteiger partial charge is 0.469 e. The Bertz CT molecular complexity index is 725. The number of para-hydroxylation sites is 1. The predicted octanol–water partition coefficient (Wildman–Crippen LogP) is 4.30. The number of hydrogen-bond donors (Lipinski definition) is 0. The van der Waals surface area contributed by atoms with Crippen LogP contribution in [-0.2, 0) is 24.5 Å². The highest BCUT2D eigenvalue weighted by atomic mass is 16.5. The van der Waals surface area contributed by atoms with Gasteiger partial charge in [-0.3, -0.25) is 14.4 Å². The Kier molecular flexibility index (Phi) is 7.34. The van der Waals surface area contributed by atoms with Crippen molar-refractivity contribution in [1.82, 2.24) is 0 Å². The van der Waals surface area contributed by atoms with Crippen LogP contribution in [0, 0.1) is 0 Å². The lowest BCUT2D eigenvalue weighted by Crippen LogP contribution is -2.43. The Morgan fingerprint density at radius 1 is 1.15 bits per heavy atom. The van der Waals surface area contributed by atoms with Crippen LogP contribution in [0.5, 0.6) is 0 Å². The fraction of sp³-hybridized carbons (Fsp3) is 0.500. The van der Waals surface area contributed by atoms with E-state index in [-0.39, 0.29) is 18.2 Å². The van der Waals surface area contributed by atoms with Gasteiger partial charge in [-0.1, -0.05) is 56.5 Å². The summed E-state index contributed by atoms with van der Waals surface area (Å²) in [7, 11) is 1.31. The third kappa shape index (κ3) is 4.46. The van der Waals surface area contributed by atoms with Gasteiger partial charge in [0.2, 0.25) is 11.8 Å². The van der Waals surface area contributed by atoms with Crippen molar-refractivity contribution in [1.29, 1.82) is 0 Å². The highest BCUT2D eigenvalue weighted by molar-refractivity contribution is 6.23. The number of unbranched alkanes of at least 4 members (excludes halogenated alkanes) is 4. The van der Waals surface area contributed by atoms with Crippen LogP contribution in [0.25, 0.3) is 0 Å². The number of allylic oxidation sites excluding steroid dienone is 2. The third-order valence-electron chi connectivity index (χ3n) is 5.12. The van der Waals surface area contributed by atoms with Gasteiger partial charge in [-0.15, -0.1) is 0 Å². The molecule has 0 saturated carbocycles. The molecule has 1 aromatic rings. The molecule has 0 aromatic heterocycles. The average molecular weight is 371 g/mol. The first kappa shape index (κ1) is 20.9. The highest BCUT2D eigenvalue weighted by Crippen LogP contribution is 2.46. The van der Waals surface area contributed by atoms with Gasteiger partial charge >= 0.3 is 5.97 Å². The van der Waals surface area contributed by atoms with Gasteiger partial charge in [-0.05, 0) is 30.9 Å². The summed E-state index contributed by atoms with van der Waals surface area (Å²) < 4.78 is 4.85. The Morgan fingerprint density at radius 2 is 1.89 bits per heavy atom. The van der Waals surface area contributed by atoms with E-state index in [4.69, 9.17) is 4.74 Å². The second-order valence-electron chi connectivity index (χ2n) is 7.04. The minimum Gasteiger partial charge on any atom is -0.469 e. The lowest BCUT2D eigenvalue weighted by Gasteiger charge is -2.26. The van der Waals surface area contributed by atoms with Gasteiger partial charge in [-0.25, -0.2) is 4.90 Å². The van der Waals surface area contributed by atoms with Gasteiger partial charge in [0, 0.05) is 6.92 Å². The van der Waals surface area contributed by atoms with E-state index in [0.29, 0.717) is 17.7 Å². The minimum atomic E-state index is -1.09. The van der Waals surface area contributed by atoms with Gasteiger partial charge in [0.25, 0.3) is 0 Å². The molecule has 5 nitrogen and oxygen atoms in total. The number of amides is 2. The summed E-state index contributed by atoms with van der Waals surface area (Å²) >= 11 is 0. The fourth-order valence-corrected chi connectivity index (χ4v) is 3.67. The number of carbonyl (C=O) groups is 3. The maximum absolute atomic E-state index is 13.2. The summed E-state index contributed by atoms with van der Waals surface area (Å²) in [6.45, 7) is 3.54. The average Bonchev–Trinajstić information content (AvgIpc) is 2.89. The number of methoxy groups -OCH3 is 1. The Labute approximate surface area is 161 Å². The minimum absolute atomic E-state index is 0.0801. The molecule has 1 aliphatic rings. The van der Waals surface area contributed by atoms with E-state index in [2.05, 4.69) is 13.0 Å². The molecular weight excluding hydrogens is 342 g/mol. The van der Waals surface area contributed by atoms with E-state index in [0.717, 1.165) is 12.8 Å². The number of carbonyl (C=O) groups excluding carboxylic acids is 3. The van der Waals surface area contributed by atoms with Crippen LogP contribution in [0.1, 0.15) is 64.4 Å². The molecule has 0 aliphatic carbocycles. The SMILES string of the molecule is CCCCCC/C=C\C[C@@]1(CC(=O)OC)C(=O)N(C(C)=O)c2ccccc21. The number of ether oxygens (including phenoxy) is 1. The standard InChI is InChI=1S/C22H29NO4/c1-4-5-6-7-8-9-12-15-22(16-20(25)27-3)18-13-10-11-14-19(18)23(17(2)24)21(22)26/h9-14H,4-8,15-16H2,1-3H3/b12-9-/t22-/m0/s1. The fourth-order valence-electron chi connectivity index (χ4n) is 3.67. The molecule has 2 rings (SSSR count). The topological polar surface area (TPSA) is 63.7 Å². The molecule has 0 radical (unpaired) electrons. The van der Waals surface area contributed by atoms with E-state index in [1.54, 1.807) is 12.1 Å². The smallest absolute Gasteiger partial charge is 0.306 e. The molecule has 0 unspecified atom stereocenters. The Hall–Kier alpha value is -2.43. The normalized spacial score (nSPS) is 18.8. The van der Waals surface area contributed by atoms with Crippen molar-refractivity contribution >= 4 is 23.5 Å². The first-order valence-electron chi connectivity index (χ1n) is 9.64. The zero-order valence-corrected chi connectivity index (χ0v) is 16.5. The van der Waals surface area contributed by atoms with Crippen molar-refractivity contribution in [3.8, 4) is 0 Å². The third-order valence-corrected chi connectivity index (χ3v) is 5.12. The summed E-state index contributed by atoms with van der Waals surface area (Å²) in [5.74, 6) is -1.15. The molecule has 5 heteroatoms. The van der Waals surface area contributed by atoms with Crippen LogP contribution in [0.4, 0.5) is 5.69 Å². The second-order valence-corrected chi connectivity index (χ2v) is 7.04. The lowest BCUT2D eigenvalue weighted by molar-refractivity contribution is -0.144. The van der Waals surface area contributed by atoms with Gasteiger partial charge in [0.05, 0.1) is 24.6 Å². The maximum atomic E-state index is 13.2. The number of nitrogens with zero attached hydrogens (tertiary/aromatic N) is 1. The van der Waals surface area contributed by atoms with E-state index in [1.165, 1.54) is 38.2 Å². The molecule has 0 bridgehead atoms. The van der Waals surface area contributed by atoms with E-state index < -0.39 is 11.4 Å². The number of fused-ring (bicyclic) bond motifs is 1. The zero-order valence-electron chi connectivity index (χ0n) is 16.5. The molecule has 0 saturated heterocycles. The summed E-state index contributed by atoms with van der Waals surface area (Å²) in [5.41, 5.74) is 0.191. The summed E-state index contributed by atoms with van der Waals surface area (Å²) in [6.07, 6.45) is 9.98. The number of rotatable bonds is 9. The Morgan fingerprint density at radius 3 is 2.56 bits per heavy atom. The maximum Gasteiger partial charge on any atom is 0.306 e. The van der Waals surface area contributed by atoms with Crippen molar-refractivity contribution in [2.24, 2.45) is 0 Å². The molecule has 1 aromatic carbocycles. The predicted molar refractivity (Wildman–Crippen MR) is 105 cm³/mol. The molecule has 0 fully saturated rings. The Balaban J connectivity index is 2.30. The molecule has 2 amide bonds. The summed E-state index contributed by atoms with van der Waals surface area (Å²) in [4.78, 5) is 38.7. The van der Waals surface area contributed by atoms with Crippen LogP contribution in [0.2, 0.25) is 0 Å². The number of esters is 1. The number of benzene rings is 1. The molecule has 1 aliphatic heterocycles. The monoisotopic (exact) mass is 371 g/mol. The second kappa shape index (κ2) is 9.49. The van der Waals surface area contributed by atoms with Crippen molar-refractivity contribution in [2.75, 3.05) is 12.0 Å². The van der Waals surface area contributed by atoms with Gasteiger partial charge in [-0.2, -0.15) is 0 Å². The molecule has 27 heavy (non-hydrogen) atoms. The molecule has 0 N–H and O–H groups in total. The molecule has 1 atom stereocenters. The lowest BCUT2D eigenvalue weighted by atomic mass is 9.75. The zero-order chi connectivity index (χ0) is 19.9. The summed E-state index contributed by atoms with van der Waals surface area (Å²) in [5, 5.41) is 0. The van der Waals surface area contributed by atoms with E-state index >= 15 is 0 Å². The molecular formula is C22H29NO4. The van der Waals surface area contributed by atoms with Crippen LogP contribution in [-0.4, -0.2) is 24.9 Å². The van der Waals surface area contributed by atoms with Crippen molar-refractivity contribution in [3.05, 3.63) is 42.0 Å². The number of hydrogen-bond acceptors (Lipinski definition) is 4. The number of anilines is 1. The van der Waals surface area contributed by atoms with Gasteiger partial charge in [0.15, 0.2) is 0 Å². The number of imide groups is 1. The van der Waals surface area contributed by atoms with Gasteiger partial charge in [0.1, 0.15) is 0 Å². The van der Waals surface area contributed by atoms with Crippen LogP contribution in [0.3, 0.4) is 0 Å². The van der Waals surface area contributed by atoms with Crippen LogP contribution < -0.4 is 4.90 Å². The van der Waals surface area contributed by atoms with Crippen LogP contribution >= 0.6 is 0 Å². The molecule has 1 heterocycles.